The van der Waals surface area contributed by atoms with E-state index in [1.807, 2.05) is 60.0 Å². The lowest BCUT2D eigenvalue weighted by Crippen LogP contribution is -2.15. The third kappa shape index (κ3) is 4.54. The standard InChI is InChI=1S/C22H22ClN3OS/c1-4-14-26-21(18-10-12-19(23)13-11-18)24-25-22(26)28-15(3)20(27)17-8-6-16(5-2)7-9-17/h4,6-13,15H,1,5,14H2,2-3H3. The van der Waals surface area contributed by atoms with E-state index in [0.717, 1.165) is 17.8 Å². The van der Waals surface area contributed by atoms with Crippen molar-refractivity contribution >= 4 is 29.1 Å². The number of halogens is 1. The molecular formula is C22H22ClN3OS. The van der Waals surface area contributed by atoms with Gasteiger partial charge in [0, 0.05) is 22.7 Å². The van der Waals surface area contributed by atoms with E-state index in [4.69, 9.17) is 11.6 Å². The Balaban J connectivity index is 1.83. The van der Waals surface area contributed by atoms with E-state index >= 15 is 0 Å². The molecule has 0 saturated heterocycles. The highest BCUT2D eigenvalue weighted by molar-refractivity contribution is 8.00. The fourth-order valence-corrected chi connectivity index (χ4v) is 3.89. The van der Waals surface area contributed by atoms with Crippen LogP contribution in [0.5, 0.6) is 0 Å². The number of Topliss-reactive ketones (excluding diaryl/α,β-unsaturated/α-hetero) is 1. The summed E-state index contributed by atoms with van der Waals surface area (Å²) in [6, 6.07) is 15.3. The number of benzene rings is 2. The minimum Gasteiger partial charge on any atom is -0.298 e. The van der Waals surface area contributed by atoms with Gasteiger partial charge in [0.05, 0.1) is 5.25 Å². The summed E-state index contributed by atoms with van der Waals surface area (Å²) in [4.78, 5) is 12.8. The van der Waals surface area contributed by atoms with Crippen LogP contribution in [0.15, 0.2) is 66.3 Å². The van der Waals surface area contributed by atoms with Crippen molar-refractivity contribution in [2.45, 2.75) is 37.2 Å². The number of hydrogen-bond acceptors (Lipinski definition) is 4. The fraction of sp³-hybridized carbons (Fsp3) is 0.227. The molecule has 3 aromatic rings. The topological polar surface area (TPSA) is 47.8 Å². The van der Waals surface area contributed by atoms with Gasteiger partial charge in [0.15, 0.2) is 16.8 Å². The van der Waals surface area contributed by atoms with E-state index in [-0.39, 0.29) is 11.0 Å². The molecule has 4 nitrogen and oxygen atoms in total. The molecule has 0 fully saturated rings. The van der Waals surface area contributed by atoms with Crippen LogP contribution in [0.25, 0.3) is 11.4 Å². The molecule has 0 aliphatic rings. The maximum absolute atomic E-state index is 12.8. The predicted octanol–water partition coefficient (Wildman–Crippen LogP) is 5.71. The zero-order valence-electron chi connectivity index (χ0n) is 15.9. The summed E-state index contributed by atoms with van der Waals surface area (Å²) in [5, 5.41) is 9.73. The van der Waals surface area contributed by atoms with Gasteiger partial charge in [-0.3, -0.25) is 9.36 Å². The quantitative estimate of drug-likeness (QED) is 0.270. The van der Waals surface area contributed by atoms with E-state index in [0.29, 0.717) is 22.3 Å². The van der Waals surface area contributed by atoms with E-state index in [2.05, 4.69) is 23.7 Å². The van der Waals surface area contributed by atoms with Gasteiger partial charge in [-0.2, -0.15) is 0 Å². The molecule has 0 N–H and O–H groups in total. The van der Waals surface area contributed by atoms with Crippen LogP contribution in [0.4, 0.5) is 0 Å². The van der Waals surface area contributed by atoms with E-state index in [1.54, 1.807) is 6.08 Å². The van der Waals surface area contributed by atoms with Crippen LogP contribution >= 0.6 is 23.4 Å². The minimum absolute atomic E-state index is 0.0776. The van der Waals surface area contributed by atoms with Crippen molar-refractivity contribution in [1.82, 2.24) is 14.8 Å². The average Bonchev–Trinajstić information content (AvgIpc) is 3.10. The summed E-state index contributed by atoms with van der Waals surface area (Å²) < 4.78 is 1.96. The number of hydrogen-bond donors (Lipinski definition) is 0. The molecule has 2 aromatic carbocycles. The highest BCUT2D eigenvalue weighted by Gasteiger charge is 2.21. The van der Waals surface area contributed by atoms with Gasteiger partial charge >= 0.3 is 0 Å². The van der Waals surface area contributed by atoms with Gasteiger partial charge in [-0.25, -0.2) is 0 Å². The number of nitrogens with zero attached hydrogens (tertiary/aromatic N) is 3. The molecule has 0 spiro atoms. The molecule has 0 saturated carbocycles. The zero-order valence-corrected chi connectivity index (χ0v) is 17.5. The number of carbonyl (C=O) groups is 1. The van der Waals surface area contributed by atoms with Gasteiger partial charge in [0.2, 0.25) is 0 Å². The molecule has 0 aliphatic heterocycles. The van der Waals surface area contributed by atoms with Gasteiger partial charge < -0.3 is 0 Å². The lowest BCUT2D eigenvalue weighted by atomic mass is 10.1. The second-order valence-corrected chi connectivity index (χ2v) is 8.13. The molecule has 1 atom stereocenters. The van der Waals surface area contributed by atoms with E-state index in [9.17, 15) is 4.79 Å². The molecule has 0 amide bonds. The van der Waals surface area contributed by atoms with Crippen LogP contribution in [0, 0.1) is 0 Å². The van der Waals surface area contributed by atoms with Crippen molar-refractivity contribution in [1.29, 1.82) is 0 Å². The Labute approximate surface area is 174 Å². The van der Waals surface area contributed by atoms with E-state index in [1.165, 1.54) is 17.3 Å². The molecular weight excluding hydrogens is 390 g/mol. The second kappa shape index (κ2) is 9.22. The van der Waals surface area contributed by atoms with Crippen LogP contribution in [0.2, 0.25) is 5.02 Å². The Morgan fingerprint density at radius 1 is 1.18 bits per heavy atom. The Morgan fingerprint density at radius 3 is 2.46 bits per heavy atom. The third-order valence-corrected chi connectivity index (χ3v) is 5.76. The summed E-state index contributed by atoms with van der Waals surface area (Å²) in [7, 11) is 0. The van der Waals surface area contributed by atoms with Crippen molar-refractivity contribution in [3.8, 4) is 11.4 Å². The monoisotopic (exact) mass is 411 g/mol. The number of aromatic nitrogens is 3. The number of thioether (sulfide) groups is 1. The van der Waals surface area contributed by atoms with E-state index < -0.39 is 0 Å². The molecule has 28 heavy (non-hydrogen) atoms. The first-order chi connectivity index (χ1) is 13.5. The minimum atomic E-state index is -0.279. The van der Waals surface area contributed by atoms with Gasteiger partial charge in [0.1, 0.15) is 0 Å². The Morgan fingerprint density at radius 2 is 1.86 bits per heavy atom. The molecule has 1 aromatic heterocycles. The van der Waals surface area contributed by atoms with Crippen molar-refractivity contribution in [2.24, 2.45) is 0 Å². The first kappa shape index (κ1) is 20.4. The maximum Gasteiger partial charge on any atom is 0.192 e. The van der Waals surface area contributed by atoms with Crippen LogP contribution in [0.3, 0.4) is 0 Å². The number of carbonyl (C=O) groups excluding carboxylic acids is 1. The summed E-state index contributed by atoms with van der Waals surface area (Å²) >= 11 is 7.39. The molecule has 1 unspecified atom stereocenters. The van der Waals surface area contributed by atoms with Crippen LogP contribution in [-0.4, -0.2) is 25.8 Å². The molecule has 0 aliphatic carbocycles. The summed E-state index contributed by atoms with van der Waals surface area (Å²) in [6.45, 7) is 8.38. The average molecular weight is 412 g/mol. The summed E-state index contributed by atoms with van der Waals surface area (Å²) in [6.07, 6.45) is 2.75. The SMILES string of the molecule is C=CCn1c(SC(C)C(=O)c2ccc(CC)cc2)nnc1-c1ccc(Cl)cc1. The summed E-state index contributed by atoms with van der Waals surface area (Å²) in [5.41, 5.74) is 2.85. The molecule has 0 bridgehead atoms. The Bertz CT molecular complexity index is 964. The lowest BCUT2D eigenvalue weighted by molar-refractivity contribution is 0.0994. The highest BCUT2D eigenvalue weighted by atomic mass is 35.5. The normalized spacial score (nSPS) is 12.0. The van der Waals surface area contributed by atoms with Crippen LogP contribution in [-0.2, 0) is 13.0 Å². The van der Waals surface area contributed by atoms with Crippen molar-refractivity contribution in [2.75, 3.05) is 0 Å². The molecule has 1 heterocycles. The predicted molar refractivity (Wildman–Crippen MR) is 116 cm³/mol. The Kier molecular flexibility index (Phi) is 6.70. The zero-order chi connectivity index (χ0) is 20.1. The Hall–Kier alpha value is -2.37. The fourth-order valence-electron chi connectivity index (χ4n) is 2.83. The lowest BCUT2D eigenvalue weighted by Gasteiger charge is -2.12. The van der Waals surface area contributed by atoms with Gasteiger partial charge in [-0.15, -0.1) is 16.8 Å². The largest absolute Gasteiger partial charge is 0.298 e. The van der Waals surface area contributed by atoms with Gasteiger partial charge in [0.25, 0.3) is 0 Å². The number of rotatable bonds is 8. The number of allylic oxidation sites excluding steroid dienone is 1. The summed E-state index contributed by atoms with van der Waals surface area (Å²) in [5.74, 6) is 0.805. The molecule has 3 rings (SSSR count). The third-order valence-electron chi connectivity index (χ3n) is 4.43. The second-order valence-electron chi connectivity index (χ2n) is 6.39. The van der Waals surface area contributed by atoms with Crippen molar-refractivity contribution in [3.05, 3.63) is 77.3 Å². The van der Waals surface area contributed by atoms with Crippen LogP contribution in [0.1, 0.15) is 29.8 Å². The molecule has 144 valence electrons. The maximum atomic E-state index is 12.8. The highest BCUT2D eigenvalue weighted by Crippen LogP contribution is 2.29. The number of ketones is 1. The first-order valence-electron chi connectivity index (χ1n) is 9.13. The van der Waals surface area contributed by atoms with Crippen molar-refractivity contribution < 1.29 is 4.79 Å². The molecule has 0 radical (unpaired) electrons. The van der Waals surface area contributed by atoms with Gasteiger partial charge in [-0.05, 0) is 43.2 Å². The van der Waals surface area contributed by atoms with Crippen LogP contribution < -0.4 is 0 Å². The van der Waals surface area contributed by atoms with Gasteiger partial charge in [-0.1, -0.05) is 60.6 Å². The number of aryl methyl sites for hydroxylation is 1. The first-order valence-corrected chi connectivity index (χ1v) is 10.4. The smallest absolute Gasteiger partial charge is 0.192 e. The van der Waals surface area contributed by atoms with Crippen molar-refractivity contribution in [3.63, 3.8) is 0 Å². The molecule has 6 heteroatoms.